The molecule has 18 rings (SSSR count). The largest absolute Gasteiger partial charge is 0.497 e. The number of hydrogen-bond donors (Lipinski definition) is 0. The highest BCUT2D eigenvalue weighted by Crippen LogP contribution is 2.46. The van der Waals surface area contributed by atoms with Crippen LogP contribution in [0.15, 0.2) is 327 Å². The highest BCUT2D eigenvalue weighted by atomic mass is 16.8. The third-order valence-electron chi connectivity index (χ3n) is 26.0. The smallest absolute Gasteiger partial charge is 0.303 e. The zero-order valence-corrected chi connectivity index (χ0v) is 79.7. The third-order valence-corrected chi connectivity index (χ3v) is 26.0. The van der Waals surface area contributed by atoms with Crippen LogP contribution >= 0.6 is 0 Å². The first-order valence-corrected chi connectivity index (χ1v) is 48.2. The standard InChI is InChI=1S/C112H116N4O27/c1-70-92(123-60-75-37-17-7-18-38-75)101(143-112-103(129-66-81-49-29-13-30-50-81)99(126-63-78-43-23-10-24-44-78)94(124-61-76-39-19-8-20-40-76)87(138-112)67-122-59-74-35-15-6-16-36-74)104(135-73(4)118)110(133-70)131-68-88-95(125-62-77-41-21-9-22-42-77)100(127-64-79-45-25-11-26-46-79)102(128-65-80-47-27-12-28-48-80)111(139-88)141-97-90(114-115-113)108(132-71(2)93(97)134-72(3)117)142-98-91(116-105(119)85-53-33-34-54-86(85)106(116)120)109(136-84-57-55-83(121-5)56-58-84)137-89-69-130-107(140-96(89)98)82-51-31-14-32-52-82/h6-58,70-71,87-104,107-112H,59-69H2,1-5H3/t70-,71-,87+,88+,89+,90-,91+,92-,93+,94+,95+,96+,97-,98+,99-,100-,101+,102+,103+,104+,107?,108-,109+,110+,111+,112+/m0/s1. The molecule has 0 aromatic heterocycles. The SMILES string of the molecule is COc1ccc(O[C@@H]2O[C@@H]3COC(c4ccccc4)O[C@H]3[C@H](O[C@@H]3O[C@@H](C)[C@@H](OC(C)=O)[C@@H](O[C@H]4O[C@H](CO[C@@H]5O[C@@H](C)[C@H](OCc6ccccc6)[C@@H](O[C@H]6O[C@H](COCc7ccccc7)[C@@H](OCc7ccccc7)[C@H](OCc7ccccc7)[C@H]6OCc6ccccc6)[C@H]5OC(C)=O)[C@@H](OCc5ccccc5)[C@H](OCc5ccccc5)[C@H]4OCc4ccccc4)[C@@H]3N=[N+]=[N-])[C@H]2N2C(=O)c3ccccc3C2=O)cc1. The summed E-state index contributed by atoms with van der Waals surface area (Å²) >= 11 is 0. The van der Waals surface area contributed by atoms with Crippen LogP contribution in [0.5, 0.6) is 11.5 Å². The highest BCUT2D eigenvalue weighted by molar-refractivity contribution is 6.21. The topological polar surface area (TPSA) is 333 Å². The molecule has 7 heterocycles. The van der Waals surface area contributed by atoms with Crippen molar-refractivity contribution in [2.75, 3.05) is 26.9 Å². The summed E-state index contributed by atoms with van der Waals surface area (Å²) in [6.45, 7) is 5.44. The zero-order chi connectivity index (χ0) is 98.3. The number of esters is 2. The molecule has 0 radical (unpaired) electrons. The lowest BCUT2D eigenvalue weighted by atomic mass is 9.92. The van der Waals surface area contributed by atoms with Crippen molar-refractivity contribution < 1.29 is 128 Å². The molecule has 26 atom stereocenters. The Labute approximate surface area is 829 Å². The molecule has 0 bridgehead atoms. The fourth-order valence-corrected chi connectivity index (χ4v) is 19.0. The molecule has 0 spiro atoms. The van der Waals surface area contributed by atoms with E-state index in [0.29, 0.717) is 16.9 Å². The number of amides is 2. The molecule has 0 aliphatic carbocycles. The molecule has 6 fully saturated rings. The molecule has 7 aliphatic heterocycles. The van der Waals surface area contributed by atoms with Crippen molar-refractivity contribution >= 4 is 23.8 Å². The van der Waals surface area contributed by atoms with Gasteiger partial charge in [-0.25, -0.2) is 0 Å². The van der Waals surface area contributed by atoms with Gasteiger partial charge in [-0.2, -0.15) is 0 Å². The fraction of sp³-hybridized carbons (Fsp3) is 0.375. The van der Waals surface area contributed by atoms with E-state index < -0.39 is 190 Å². The van der Waals surface area contributed by atoms with Crippen molar-refractivity contribution in [3.8, 4) is 11.5 Å². The van der Waals surface area contributed by atoms with E-state index in [2.05, 4.69) is 10.0 Å². The molecule has 0 saturated carbocycles. The Morgan fingerprint density at radius 2 is 0.727 bits per heavy atom. The number of hydrogen-bond acceptors (Lipinski definition) is 28. The van der Waals surface area contributed by atoms with Crippen LogP contribution < -0.4 is 9.47 Å². The molecule has 2 amide bonds. The van der Waals surface area contributed by atoms with Crippen LogP contribution in [0.2, 0.25) is 0 Å². The second-order valence-electron chi connectivity index (χ2n) is 35.8. The van der Waals surface area contributed by atoms with Gasteiger partial charge in [-0.15, -0.1) is 0 Å². The maximum absolute atomic E-state index is 15.4. The van der Waals surface area contributed by atoms with Crippen molar-refractivity contribution in [1.82, 2.24) is 4.90 Å². The number of fused-ring (bicyclic) bond motifs is 2. The van der Waals surface area contributed by atoms with Gasteiger partial charge in [0.1, 0.15) is 109 Å². The number of ether oxygens (including phenoxy) is 23. The van der Waals surface area contributed by atoms with Gasteiger partial charge in [0.05, 0.1) is 103 Å². The molecule has 746 valence electrons. The molecule has 143 heavy (non-hydrogen) atoms. The number of rotatable bonds is 42. The Bertz CT molecular complexity index is 5860. The molecule has 31 nitrogen and oxygen atoms in total. The lowest BCUT2D eigenvalue weighted by molar-refractivity contribution is -0.384. The van der Waals surface area contributed by atoms with Crippen LogP contribution in [0.1, 0.15) is 105 Å². The quantitative estimate of drug-likeness (QED) is 0.0113. The van der Waals surface area contributed by atoms with Crippen molar-refractivity contribution in [2.24, 2.45) is 5.11 Å². The summed E-state index contributed by atoms with van der Waals surface area (Å²) in [5.41, 5.74) is 18.5. The molecule has 7 aliphatic rings. The van der Waals surface area contributed by atoms with E-state index in [0.717, 1.165) is 43.8 Å². The van der Waals surface area contributed by atoms with Gasteiger partial charge < -0.3 is 109 Å². The van der Waals surface area contributed by atoms with Gasteiger partial charge in [0.25, 0.3) is 11.8 Å². The van der Waals surface area contributed by atoms with Crippen LogP contribution in [0.3, 0.4) is 0 Å². The van der Waals surface area contributed by atoms with Crippen LogP contribution in [0.4, 0.5) is 0 Å². The van der Waals surface area contributed by atoms with Crippen LogP contribution in [-0.2, 0) is 162 Å². The minimum Gasteiger partial charge on any atom is -0.497 e. The Hall–Kier alpha value is -12.4. The van der Waals surface area contributed by atoms with Crippen LogP contribution in [0, 0.1) is 0 Å². The number of methoxy groups -OCH3 is 1. The number of carbonyl (C=O) groups is 4. The van der Waals surface area contributed by atoms with Gasteiger partial charge in [-0.05, 0) is 100 Å². The summed E-state index contributed by atoms with van der Waals surface area (Å²) in [4.78, 5) is 64.0. The van der Waals surface area contributed by atoms with Crippen molar-refractivity contribution in [2.45, 2.75) is 240 Å². The van der Waals surface area contributed by atoms with E-state index in [4.69, 9.17) is 109 Å². The highest BCUT2D eigenvalue weighted by Gasteiger charge is 2.63. The van der Waals surface area contributed by atoms with Gasteiger partial charge in [0.15, 0.2) is 43.7 Å². The molecule has 11 aromatic carbocycles. The number of benzene rings is 11. The predicted molar refractivity (Wildman–Crippen MR) is 515 cm³/mol. The third kappa shape index (κ3) is 25.4. The summed E-state index contributed by atoms with van der Waals surface area (Å²) in [6.07, 6.45) is -31.9. The molecule has 1 unspecified atom stereocenters. The number of azide groups is 1. The van der Waals surface area contributed by atoms with Gasteiger partial charge >= 0.3 is 11.9 Å². The second-order valence-corrected chi connectivity index (χ2v) is 35.8. The lowest BCUT2D eigenvalue weighted by Gasteiger charge is -2.53. The van der Waals surface area contributed by atoms with Gasteiger partial charge in [-0.3, -0.25) is 24.1 Å². The lowest BCUT2D eigenvalue weighted by Crippen LogP contribution is -2.71. The van der Waals surface area contributed by atoms with E-state index in [1.807, 2.05) is 273 Å². The first-order valence-electron chi connectivity index (χ1n) is 48.2. The average molecular weight is 1950 g/mol. The fourth-order valence-electron chi connectivity index (χ4n) is 19.0. The molecule has 11 aromatic rings. The van der Waals surface area contributed by atoms with E-state index in [1.54, 1.807) is 62.4 Å². The Kier molecular flexibility index (Phi) is 34.7. The normalized spacial score (nSPS) is 28.9. The van der Waals surface area contributed by atoms with Gasteiger partial charge in [0, 0.05) is 24.3 Å². The number of imide groups is 1. The van der Waals surface area contributed by atoms with Crippen LogP contribution in [0.25, 0.3) is 10.4 Å². The minimum absolute atomic E-state index is 0.0188. The number of nitrogens with zero attached hydrogens (tertiary/aromatic N) is 4. The molecule has 6 saturated heterocycles. The Morgan fingerprint density at radius 3 is 1.17 bits per heavy atom. The van der Waals surface area contributed by atoms with E-state index >= 15 is 9.59 Å². The molecular weight excluding hydrogens is 1830 g/mol. The Morgan fingerprint density at radius 1 is 0.357 bits per heavy atom. The summed E-state index contributed by atoms with van der Waals surface area (Å²) in [5.74, 6) is -2.26. The average Bonchev–Trinajstić information content (AvgIpc) is 1.68. The first kappa shape index (κ1) is 101. The van der Waals surface area contributed by atoms with E-state index in [1.165, 1.54) is 21.0 Å². The van der Waals surface area contributed by atoms with Crippen LogP contribution in [-0.4, -0.2) is 209 Å². The van der Waals surface area contributed by atoms with Crippen molar-refractivity contribution in [3.63, 3.8) is 0 Å². The zero-order valence-electron chi connectivity index (χ0n) is 79.7. The second kappa shape index (κ2) is 49.3. The van der Waals surface area contributed by atoms with E-state index in [9.17, 15) is 15.1 Å². The minimum atomic E-state index is -1.80. The molecule has 31 heteroatoms. The predicted octanol–water partition coefficient (Wildman–Crippen LogP) is 16.5. The summed E-state index contributed by atoms with van der Waals surface area (Å²) in [5, 5.41) is 4.50. The maximum atomic E-state index is 15.4. The van der Waals surface area contributed by atoms with Gasteiger partial charge in [0.2, 0.25) is 6.29 Å². The molecule has 0 N–H and O–H groups in total. The first-order chi connectivity index (χ1) is 70.1. The van der Waals surface area contributed by atoms with Gasteiger partial charge in [-0.1, -0.05) is 290 Å². The maximum Gasteiger partial charge on any atom is 0.303 e. The summed E-state index contributed by atoms with van der Waals surface area (Å²) < 4.78 is 163. The van der Waals surface area contributed by atoms with Crippen molar-refractivity contribution in [1.29, 1.82) is 0 Å². The van der Waals surface area contributed by atoms with E-state index in [-0.39, 0.29) is 82.9 Å². The number of carbonyl (C=O) groups excluding carboxylic acids is 4. The summed E-state index contributed by atoms with van der Waals surface area (Å²) in [7, 11) is 1.52. The molecular formula is C112H116N4O27. The van der Waals surface area contributed by atoms with Crippen molar-refractivity contribution in [3.05, 3.63) is 393 Å². The Balaban J connectivity index is 0.741. The monoisotopic (exact) mass is 1950 g/mol. The summed E-state index contributed by atoms with van der Waals surface area (Å²) in [6, 6.07) is 95.6.